The van der Waals surface area contributed by atoms with Gasteiger partial charge in [0.15, 0.2) is 11.2 Å². The van der Waals surface area contributed by atoms with Gasteiger partial charge >= 0.3 is 0 Å². The highest BCUT2D eigenvalue weighted by atomic mass is 16.4. The molecular weight excluding hydrogens is 617 g/mol. The van der Waals surface area contributed by atoms with Crippen molar-refractivity contribution in [3.63, 3.8) is 0 Å². The van der Waals surface area contributed by atoms with Crippen molar-refractivity contribution in [1.29, 1.82) is 0 Å². The number of anilines is 3. The van der Waals surface area contributed by atoms with Gasteiger partial charge in [-0.25, -0.2) is 9.97 Å². The maximum Gasteiger partial charge on any atom is 0.227 e. The van der Waals surface area contributed by atoms with E-state index < -0.39 is 0 Å². The van der Waals surface area contributed by atoms with E-state index in [1.807, 2.05) is 72.8 Å². The van der Waals surface area contributed by atoms with Gasteiger partial charge in [-0.15, -0.1) is 0 Å². The molecule has 6 nitrogen and oxygen atoms in total. The normalized spacial score (nSPS) is 11.6. The molecule has 50 heavy (non-hydrogen) atoms. The number of hydrogen-bond donors (Lipinski definition) is 0. The van der Waals surface area contributed by atoms with Gasteiger partial charge in [-0.2, -0.15) is 0 Å². The third-order valence-electron chi connectivity index (χ3n) is 9.25. The molecule has 0 fully saturated rings. The van der Waals surface area contributed by atoms with Crippen molar-refractivity contribution in [1.82, 2.24) is 14.5 Å². The molecule has 0 N–H and O–H groups in total. The lowest BCUT2D eigenvalue weighted by Crippen LogP contribution is -2.10. The summed E-state index contributed by atoms with van der Waals surface area (Å²) in [6, 6.07) is 58.1. The fraction of sp³-hybridized carbons (Fsp3) is 0. The van der Waals surface area contributed by atoms with Crippen molar-refractivity contribution in [2.75, 3.05) is 4.90 Å². The maximum absolute atomic E-state index is 6.32. The average molecular weight is 645 g/mol. The van der Waals surface area contributed by atoms with E-state index in [0.29, 0.717) is 17.4 Å². The number of para-hydroxylation sites is 2. The summed E-state index contributed by atoms with van der Waals surface area (Å²) in [5.41, 5.74) is 11.2. The fourth-order valence-corrected chi connectivity index (χ4v) is 6.91. The highest BCUT2D eigenvalue weighted by Crippen LogP contribution is 2.40. The number of hydrogen-bond acceptors (Lipinski definition) is 5. The van der Waals surface area contributed by atoms with Gasteiger partial charge in [0.1, 0.15) is 11.0 Å². The van der Waals surface area contributed by atoms with Crippen LogP contribution in [0, 0.1) is 0 Å². The molecule has 0 aliphatic heterocycles. The standard InChI is InChI=1S/C44H28N4O2/c1-3-11-29(12-4-1)43-45-37-25-23-34(28-42(37)50-43)47(33-24-26-41-38(27-33)46-44(49-41)30-13-5-2-6-14-30)31-19-21-32(22-20-31)48-39-17-9-7-15-35(39)36-16-8-10-18-40(36)48/h1-28H. The molecule has 7 aromatic carbocycles. The zero-order chi connectivity index (χ0) is 33.0. The van der Waals surface area contributed by atoms with E-state index in [1.165, 1.54) is 21.8 Å². The van der Waals surface area contributed by atoms with Crippen LogP contribution in [0.1, 0.15) is 0 Å². The van der Waals surface area contributed by atoms with E-state index in [0.717, 1.165) is 50.5 Å². The third-order valence-corrected chi connectivity index (χ3v) is 9.25. The number of benzene rings is 7. The van der Waals surface area contributed by atoms with Gasteiger partial charge in [-0.3, -0.25) is 0 Å². The summed E-state index contributed by atoms with van der Waals surface area (Å²) in [4.78, 5) is 11.9. The number of aromatic nitrogens is 3. The topological polar surface area (TPSA) is 60.2 Å². The van der Waals surface area contributed by atoms with Crippen LogP contribution in [0.5, 0.6) is 0 Å². The number of fused-ring (bicyclic) bond motifs is 5. The monoisotopic (exact) mass is 644 g/mol. The molecule has 6 heteroatoms. The van der Waals surface area contributed by atoms with Crippen LogP contribution in [0.25, 0.3) is 72.6 Å². The molecule has 0 aliphatic rings. The van der Waals surface area contributed by atoms with Crippen LogP contribution in [-0.4, -0.2) is 14.5 Å². The Morgan fingerprint density at radius 3 is 1.60 bits per heavy atom. The van der Waals surface area contributed by atoms with Crippen LogP contribution in [0.4, 0.5) is 17.1 Å². The minimum absolute atomic E-state index is 0.594. The second kappa shape index (κ2) is 11.4. The quantitative estimate of drug-likeness (QED) is 0.180. The van der Waals surface area contributed by atoms with E-state index in [1.54, 1.807) is 0 Å². The molecule has 0 amide bonds. The Balaban J connectivity index is 1.11. The third kappa shape index (κ3) is 4.65. The molecule has 0 saturated heterocycles. The summed E-state index contributed by atoms with van der Waals surface area (Å²) in [6.45, 7) is 0. The molecule has 0 saturated carbocycles. The lowest BCUT2D eigenvalue weighted by atomic mass is 10.1. The number of nitrogens with zero attached hydrogens (tertiary/aromatic N) is 4. The molecule has 236 valence electrons. The van der Waals surface area contributed by atoms with Crippen molar-refractivity contribution in [2.24, 2.45) is 0 Å². The zero-order valence-electron chi connectivity index (χ0n) is 26.8. The maximum atomic E-state index is 6.32. The largest absolute Gasteiger partial charge is 0.436 e. The molecule has 0 atom stereocenters. The molecule has 0 spiro atoms. The lowest BCUT2D eigenvalue weighted by molar-refractivity contribution is 0.619. The van der Waals surface area contributed by atoms with Crippen LogP contribution >= 0.6 is 0 Å². The van der Waals surface area contributed by atoms with Crippen LogP contribution < -0.4 is 4.90 Å². The first-order valence-corrected chi connectivity index (χ1v) is 16.6. The predicted molar refractivity (Wildman–Crippen MR) is 201 cm³/mol. The van der Waals surface area contributed by atoms with E-state index in [4.69, 9.17) is 18.8 Å². The van der Waals surface area contributed by atoms with Crippen LogP contribution in [0.3, 0.4) is 0 Å². The molecular formula is C44H28N4O2. The van der Waals surface area contributed by atoms with E-state index >= 15 is 0 Å². The molecule has 0 unspecified atom stereocenters. The van der Waals surface area contributed by atoms with Crippen molar-refractivity contribution >= 4 is 61.1 Å². The summed E-state index contributed by atoms with van der Waals surface area (Å²) < 4.78 is 14.8. The van der Waals surface area contributed by atoms with Crippen molar-refractivity contribution in [2.45, 2.75) is 0 Å². The zero-order valence-corrected chi connectivity index (χ0v) is 26.8. The van der Waals surface area contributed by atoms with E-state index in [9.17, 15) is 0 Å². The molecule has 10 rings (SSSR count). The van der Waals surface area contributed by atoms with Crippen LogP contribution in [-0.2, 0) is 0 Å². The molecule has 0 bridgehead atoms. The van der Waals surface area contributed by atoms with Crippen LogP contribution in [0.2, 0.25) is 0 Å². The summed E-state index contributed by atoms with van der Waals surface area (Å²) in [7, 11) is 0. The van der Waals surface area contributed by atoms with Gasteiger partial charge in [0.05, 0.1) is 11.0 Å². The number of rotatable bonds is 6. The van der Waals surface area contributed by atoms with Crippen molar-refractivity contribution in [3.8, 4) is 28.6 Å². The number of oxazole rings is 2. The highest BCUT2D eigenvalue weighted by Gasteiger charge is 2.19. The smallest absolute Gasteiger partial charge is 0.227 e. The Bertz CT molecular complexity index is 2640. The molecule has 10 aromatic rings. The van der Waals surface area contributed by atoms with E-state index in [2.05, 4.69) is 107 Å². The van der Waals surface area contributed by atoms with Gasteiger partial charge < -0.3 is 18.3 Å². The second-order valence-corrected chi connectivity index (χ2v) is 12.3. The Labute approximate surface area is 287 Å². The van der Waals surface area contributed by atoms with Gasteiger partial charge in [-0.1, -0.05) is 72.8 Å². The summed E-state index contributed by atoms with van der Waals surface area (Å²) in [5, 5.41) is 2.47. The minimum Gasteiger partial charge on any atom is -0.436 e. The van der Waals surface area contributed by atoms with Gasteiger partial charge in [-0.05, 0) is 91.0 Å². The predicted octanol–water partition coefficient (Wildman–Crippen LogP) is 11.9. The fourth-order valence-electron chi connectivity index (χ4n) is 6.91. The lowest BCUT2D eigenvalue weighted by Gasteiger charge is -2.25. The Morgan fingerprint density at radius 1 is 0.420 bits per heavy atom. The molecule has 3 heterocycles. The first-order chi connectivity index (χ1) is 24.8. The Morgan fingerprint density at radius 2 is 0.940 bits per heavy atom. The molecule has 0 aliphatic carbocycles. The average Bonchev–Trinajstić information content (AvgIpc) is 3.90. The molecule has 3 aromatic heterocycles. The first-order valence-electron chi connectivity index (χ1n) is 16.6. The van der Waals surface area contributed by atoms with Crippen molar-refractivity contribution < 1.29 is 8.83 Å². The second-order valence-electron chi connectivity index (χ2n) is 12.3. The molecule has 0 radical (unpaired) electrons. The van der Waals surface area contributed by atoms with Crippen molar-refractivity contribution in [3.05, 3.63) is 170 Å². The van der Waals surface area contributed by atoms with Crippen LogP contribution in [0.15, 0.2) is 179 Å². The Hall–Kier alpha value is -6.92. The summed E-state index contributed by atoms with van der Waals surface area (Å²) >= 11 is 0. The van der Waals surface area contributed by atoms with Gasteiger partial charge in [0.25, 0.3) is 0 Å². The summed E-state index contributed by atoms with van der Waals surface area (Å²) in [6.07, 6.45) is 0. The van der Waals surface area contributed by atoms with Gasteiger partial charge in [0, 0.05) is 50.7 Å². The summed E-state index contributed by atoms with van der Waals surface area (Å²) in [5.74, 6) is 1.19. The van der Waals surface area contributed by atoms with Gasteiger partial charge in [0.2, 0.25) is 11.8 Å². The Kier molecular flexibility index (Phi) is 6.39. The SMILES string of the molecule is c1ccc(-c2nc3cc(N(c4ccc(-n5c6ccccc6c6ccccc65)cc4)c4ccc5nc(-c6ccccc6)oc5c4)ccc3o2)cc1. The highest BCUT2D eigenvalue weighted by molar-refractivity contribution is 6.09. The van der Waals surface area contributed by atoms with E-state index in [-0.39, 0.29) is 0 Å². The first kappa shape index (κ1) is 28.1. The minimum atomic E-state index is 0.594.